The molecule has 0 heterocycles. The van der Waals surface area contributed by atoms with Crippen molar-refractivity contribution in [3.05, 3.63) is 35.9 Å². The number of hydrogen-bond acceptors (Lipinski definition) is 4. The molecule has 18 heavy (non-hydrogen) atoms. The number of benzene rings is 1. The maximum atomic E-state index is 9.81. The van der Waals surface area contributed by atoms with Crippen LogP contribution in [0.15, 0.2) is 30.3 Å². The van der Waals surface area contributed by atoms with Gasteiger partial charge in [-0.15, -0.1) is 0 Å². The summed E-state index contributed by atoms with van der Waals surface area (Å²) in [5, 5.41) is 9.81. The van der Waals surface area contributed by atoms with Gasteiger partial charge < -0.3 is 19.3 Å². The van der Waals surface area contributed by atoms with E-state index in [0.29, 0.717) is 33.0 Å². The molecular weight excluding hydrogens is 232 g/mol. The van der Waals surface area contributed by atoms with Gasteiger partial charge in [-0.3, -0.25) is 0 Å². The molecule has 0 radical (unpaired) electrons. The molecule has 0 spiro atoms. The van der Waals surface area contributed by atoms with Crippen molar-refractivity contribution < 1.29 is 19.3 Å². The zero-order chi connectivity index (χ0) is 13.1. The standard InChI is InChI=1S/C14H22O4/c1-16-8-5-9-17-10-11-18-12-14(15)13-6-3-2-4-7-13/h2-4,6-7,14-15H,5,8-12H2,1H3. The monoisotopic (exact) mass is 254 g/mol. The fourth-order valence-electron chi connectivity index (χ4n) is 1.49. The fourth-order valence-corrected chi connectivity index (χ4v) is 1.49. The number of aliphatic hydroxyl groups excluding tert-OH is 1. The number of methoxy groups -OCH3 is 1. The van der Waals surface area contributed by atoms with Crippen LogP contribution in [0.25, 0.3) is 0 Å². The van der Waals surface area contributed by atoms with Gasteiger partial charge in [0.05, 0.1) is 19.8 Å². The average molecular weight is 254 g/mol. The second-order valence-corrected chi connectivity index (χ2v) is 3.96. The van der Waals surface area contributed by atoms with Gasteiger partial charge in [-0.1, -0.05) is 30.3 Å². The van der Waals surface area contributed by atoms with Crippen LogP contribution in [-0.4, -0.2) is 45.3 Å². The third-order valence-corrected chi connectivity index (χ3v) is 2.47. The first-order chi connectivity index (χ1) is 8.84. The van der Waals surface area contributed by atoms with Gasteiger partial charge in [0.2, 0.25) is 0 Å². The smallest absolute Gasteiger partial charge is 0.102 e. The Morgan fingerprint density at radius 1 is 1.00 bits per heavy atom. The second kappa shape index (κ2) is 10.0. The Hall–Kier alpha value is -0.940. The van der Waals surface area contributed by atoms with E-state index >= 15 is 0 Å². The maximum absolute atomic E-state index is 9.81. The van der Waals surface area contributed by atoms with Gasteiger partial charge in [-0.25, -0.2) is 0 Å². The maximum Gasteiger partial charge on any atom is 0.102 e. The van der Waals surface area contributed by atoms with Gasteiger partial charge in [0, 0.05) is 20.3 Å². The van der Waals surface area contributed by atoms with E-state index in [1.807, 2.05) is 30.3 Å². The normalized spacial score (nSPS) is 12.6. The number of hydrogen-bond donors (Lipinski definition) is 1. The molecular formula is C14H22O4. The van der Waals surface area contributed by atoms with Crippen LogP contribution in [0.3, 0.4) is 0 Å². The minimum Gasteiger partial charge on any atom is -0.386 e. The molecule has 0 amide bonds. The summed E-state index contributed by atoms with van der Waals surface area (Å²) >= 11 is 0. The molecule has 0 aliphatic heterocycles. The molecule has 0 fully saturated rings. The highest BCUT2D eigenvalue weighted by atomic mass is 16.5. The molecule has 0 aliphatic carbocycles. The average Bonchev–Trinajstić information content (AvgIpc) is 2.42. The number of rotatable bonds is 10. The van der Waals surface area contributed by atoms with E-state index in [4.69, 9.17) is 14.2 Å². The largest absolute Gasteiger partial charge is 0.386 e. The van der Waals surface area contributed by atoms with E-state index in [0.717, 1.165) is 12.0 Å². The summed E-state index contributed by atoms with van der Waals surface area (Å²) in [6.45, 7) is 2.74. The first-order valence-electron chi connectivity index (χ1n) is 6.22. The molecule has 0 saturated heterocycles. The molecule has 102 valence electrons. The quantitative estimate of drug-likeness (QED) is 0.647. The molecule has 0 aliphatic rings. The van der Waals surface area contributed by atoms with Crippen LogP contribution < -0.4 is 0 Å². The van der Waals surface area contributed by atoms with Crippen LogP contribution in [0.4, 0.5) is 0 Å². The molecule has 1 aromatic carbocycles. The summed E-state index contributed by atoms with van der Waals surface area (Å²) in [6, 6.07) is 9.49. The molecule has 1 atom stereocenters. The number of aliphatic hydroxyl groups is 1. The number of ether oxygens (including phenoxy) is 3. The van der Waals surface area contributed by atoms with Crippen LogP contribution in [-0.2, 0) is 14.2 Å². The van der Waals surface area contributed by atoms with E-state index in [9.17, 15) is 5.11 Å². The minimum absolute atomic E-state index is 0.297. The van der Waals surface area contributed by atoms with Crippen molar-refractivity contribution in [1.82, 2.24) is 0 Å². The minimum atomic E-state index is -0.570. The van der Waals surface area contributed by atoms with E-state index in [1.165, 1.54) is 0 Å². The fraction of sp³-hybridized carbons (Fsp3) is 0.571. The highest BCUT2D eigenvalue weighted by molar-refractivity contribution is 5.17. The Labute approximate surface area is 108 Å². The Morgan fingerprint density at radius 3 is 2.44 bits per heavy atom. The Morgan fingerprint density at radius 2 is 1.72 bits per heavy atom. The van der Waals surface area contributed by atoms with Crippen LogP contribution in [0.5, 0.6) is 0 Å². The lowest BCUT2D eigenvalue weighted by Crippen LogP contribution is -2.11. The topological polar surface area (TPSA) is 47.9 Å². The van der Waals surface area contributed by atoms with Crippen molar-refractivity contribution >= 4 is 0 Å². The molecule has 1 aromatic rings. The molecule has 4 nitrogen and oxygen atoms in total. The zero-order valence-electron chi connectivity index (χ0n) is 10.9. The van der Waals surface area contributed by atoms with Gasteiger partial charge >= 0.3 is 0 Å². The lowest BCUT2D eigenvalue weighted by molar-refractivity contribution is 0.000501. The van der Waals surface area contributed by atoms with Gasteiger partial charge in [-0.2, -0.15) is 0 Å². The van der Waals surface area contributed by atoms with E-state index < -0.39 is 6.10 Å². The highest BCUT2D eigenvalue weighted by Gasteiger charge is 2.06. The molecule has 1 unspecified atom stereocenters. The van der Waals surface area contributed by atoms with Crippen molar-refractivity contribution in [3.8, 4) is 0 Å². The zero-order valence-corrected chi connectivity index (χ0v) is 10.9. The summed E-state index contributed by atoms with van der Waals surface area (Å²) in [7, 11) is 1.67. The first kappa shape index (κ1) is 15.1. The van der Waals surface area contributed by atoms with E-state index in [2.05, 4.69) is 0 Å². The van der Waals surface area contributed by atoms with Gasteiger partial charge in [0.25, 0.3) is 0 Å². The van der Waals surface area contributed by atoms with E-state index in [1.54, 1.807) is 7.11 Å². The summed E-state index contributed by atoms with van der Waals surface area (Å²) in [6.07, 6.45) is 0.322. The SMILES string of the molecule is COCCCOCCOCC(O)c1ccccc1. The second-order valence-electron chi connectivity index (χ2n) is 3.96. The van der Waals surface area contributed by atoms with Gasteiger partial charge in [0.15, 0.2) is 0 Å². The van der Waals surface area contributed by atoms with Gasteiger partial charge in [-0.05, 0) is 12.0 Å². The summed E-state index contributed by atoms with van der Waals surface area (Å²) in [5.41, 5.74) is 0.874. The lowest BCUT2D eigenvalue weighted by Gasteiger charge is -2.11. The molecule has 0 aromatic heterocycles. The van der Waals surface area contributed by atoms with Crippen LogP contribution in [0, 0.1) is 0 Å². The molecule has 1 N–H and O–H groups in total. The predicted octanol–water partition coefficient (Wildman–Crippen LogP) is 1.79. The third kappa shape index (κ3) is 6.71. The highest BCUT2D eigenvalue weighted by Crippen LogP contribution is 2.11. The van der Waals surface area contributed by atoms with Crippen molar-refractivity contribution in [2.75, 3.05) is 40.1 Å². The first-order valence-corrected chi connectivity index (χ1v) is 6.22. The van der Waals surface area contributed by atoms with Crippen molar-refractivity contribution in [1.29, 1.82) is 0 Å². The lowest BCUT2D eigenvalue weighted by atomic mass is 10.1. The van der Waals surface area contributed by atoms with Gasteiger partial charge in [0.1, 0.15) is 6.10 Å². The predicted molar refractivity (Wildman–Crippen MR) is 69.5 cm³/mol. The van der Waals surface area contributed by atoms with Crippen molar-refractivity contribution in [2.24, 2.45) is 0 Å². The van der Waals surface area contributed by atoms with E-state index in [-0.39, 0.29) is 0 Å². The molecule has 0 bridgehead atoms. The third-order valence-electron chi connectivity index (χ3n) is 2.47. The van der Waals surface area contributed by atoms with Crippen molar-refractivity contribution in [2.45, 2.75) is 12.5 Å². The Bertz CT molecular complexity index is 289. The molecule has 0 saturated carbocycles. The van der Waals surface area contributed by atoms with Crippen LogP contribution >= 0.6 is 0 Å². The summed E-state index contributed by atoms with van der Waals surface area (Å²) in [4.78, 5) is 0. The van der Waals surface area contributed by atoms with Crippen molar-refractivity contribution in [3.63, 3.8) is 0 Å². The van der Waals surface area contributed by atoms with Crippen LogP contribution in [0.1, 0.15) is 18.1 Å². The molecule has 1 rings (SSSR count). The summed E-state index contributed by atoms with van der Waals surface area (Å²) < 4.78 is 15.6. The Kier molecular flexibility index (Phi) is 8.42. The Balaban J connectivity index is 1.98. The van der Waals surface area contributed by atoms with Crippen LogP contribution in [0.2, 0.25) is 0 Å². The summed E-state index contributed by atoms with van der Waals surface area (Å²) in [5.74, 6) is 0. The molecule has 4 heteroatoms.